The van der Waals surface area contributed by atoms with Crippen LogP contribution in [0.3, 0.4) is 0 Å². The van der Waals surface area contributed by atoms with Gasteiger partial charge in [0.15, 0.2) is 0 Å². The molecule has 4 heteroatoms. The van der Waals surface area contributed by atoms with Gasteiger partial charge in [-0.25, -0.2) is 0 Å². The summed E-state index contributed by atoms with van der Waals surface area (Å²) in [5.74, 6) is 0.751. The highest BCUT2D eigenvalue weighted by atomic mass is 35.5. The molecule has 0 unspecified atom stereocenters. The highest BCUT2D eigenvalue weighted by molar-refractivity contribution is 6.31. The number of aromatic nitrogens is 1. The van der Waals surface area contributed by atoms with Crippen molar-refractivity contribution in [1.29, 1.82) is 0 Å². The van der Waals surface area contributed by atoms with Gasteiger partial charge in [-0.05, 0) is 55.9 Å². The van der Waals surface area contributed by atoms with Crippen LogP contribution in [0.25, 0.3) is 10.9 Å². The molecule has 128 valence electrons. The Kier molecular flexibility index (Phi) is 4.26. The van der Waals surface area contributed by atoms with E-state index in [2.05, 4.69) is 23.5 Å². The topological polar surface area (TPSA) is 34.1 Å². The van der Waals surface area contributed by atoms with E-state index in [1.807, 2.05) is 25.1 Å². The van der Waals surface area contributed by atoms with E-state index in [4.69, 9.17) is 21.3 Å². The van der Waals surface area contributed by atoms with Gasteiger partial charge in [0.25, 0.3) is 0 Å². The summed E-state index contributed by atoms with van der Waals surface area (Å²) < 4.78 is 5.55. The van der Waals surface area contributed by atoms with Crippen molar-refractivity contribution >= 4 is 33.9 Å². The van der Waals surface area contributed by atoms with Crippen molar-refractivity contribution in [2.45, 2.75) is 32.6 Å². The third kappa shape index (κ3) is 2.93. The molecule has 2 aromatic carbocycles. The van der Waals surface area contributed by atoms with Crippen LogP contribution in [0.4, 0.5) is 11.4 Å². The lowest BCUT2D eigenvalue weighted by Crippen LogP contribution is -2.10. The van der Waals surface area contributed by atoms with Gasteiger partial charge in [0.2, 0.25) is 0 Å². The molecule has 0 bridgehead atoms. The SMILES string of the molecule is COc1cc(Cl)c(C)cc1Nc1c2c(nc3ccccc13)CCCC2. The quantitative estimate of drug-likeness (QED) is 0.644. The van der Waals surface area contributed by atoms with E-state index in [9.17, 15) is 0 Å². The molecule has 3 aromatic rings. The van der Waals surface area contributed by atoms with Crippen LogP contribution < -0.4 is 10.1 Å². The van der Waals surface area contributed by atoms with Crippen LogP contribution in [0.5, 0.6) is 5.75 Å². The van der Waals surface area contributed by atoms with Crippen LogP contribution in [0.1, 0.15) is 29.7 Å². The van der Waals surface area contributed by atoms with Crippen LogP contribution >= 0.6 is 11.6 Å². The number of hydrogen-bond donors (Lipinski definition) is 1. The predicted molar refractivity (Wildman–Crippen MR) is 104 cm³/mol. The van der Waals surface area contributed by atoms with E-state index in [1.165, 1.54) is 24.1 Å². The third-order valence-corrected chi connectivity index (χ3v) is 5.32. The number of aryl methyl sites for hydroxylation is 2. The number of pyridine rings is 1. The number of nitrogens with zero attached hydrogens (tertiary/aromatic N) is 1. The number of anilines is 2. The van der Waals surface area contributed by atoms with Crippen LogP contribution in [0.15, 0.2) is 36.4 Å². The van der Waals surface area contributed by atoms with Gasteiger partial charge in [-0.2, -0.15) is 0 Å². The lowest BCUT2D eigenvalue weighted by atomic mass is 9.92. The zero-order valence-electron chi connectivity index (χ0n) is 14.5. The minimum atomic E-state index is 0.712. The molecule has 1 aliphatic carbocycles. The van der Waals surface area contributed by atoms with Gasteiger partial charge < -0.3 is 10.1 Å². The molecule has 0 radical (unpaired) electrons. The van der Waals surface area contributed by atoms with E-state index in [1.54, 1.807) is 7.11 Å². The van der Waals surface area contributed by atoms with E-state index in [-0.39, 0.29) is 0 Å². The number of para-hydroxylation sites is 1. The number of rotatable bonds is 3. The standard InChI is InChI=1S/C21H21ClN2O/c1-13-11-19(20(25-2)12-16(13)22)24-21-14-7-3-5-9-17(14)23-18-10-6-4-8-15(18)21/h3,5,7,9,11-12H,4,6,8,10H2,1-2H3,(H,23,24). The second kappa shape index (κ2) is 6.57. The van der Waals surface area contributed by atoms with Gasteiger partial charge in [0, 0.05) is 22.2 Å². The normalized spacial score (nSPS) is 13.6. The molecule has 4 rings (SSSR count). The van der Waals surface area contributed by atoms with Crippen LogP contribution in [0.2, 0.25) is 5.02 Å². The molecule has 0 saturated heterocycles. The molecule has 0 saturated carbocycles. The lowest BCUT2D eigenvalue weighted by Gasteiger charge is -2.22. The van der Waals surface area contributed by atoms with Gasteiger partial charge in [0.05, 0.1) is 24.0 Å². The molecule has 0 atom stereocenters. The Morgan fingerprint density at radius 3 is 2.76 bits per heavy atom. The van der Waals surface area contributed by atoms with E-state index >= 15 is 0 Å². The zero-order chi connectivity index (χ0) is 17.4. The Morgan fingerprint density at radius 2 is 1.92 bits per heavy atom. The Labute approximate surface area is 153 Å². The molecule has 1 aromatic heterocycles. The fraction of sp³-hybridized carbons (Fsp3) is 0.286. The smallest absolute Gasteiger partial charge is 0.143 e. The predicted octanol–water partition coefficient (Wildman–Crippen LogP) is 5.83. The maximum atomic E-state index is 6.26. The summed E-state index contributed by atoms with van der Waals surface area (Å²) in [5.41, 5.74) is 6.71. The number of nitrogens with one attached hydrogen (secondary N) is 1. The van der Waals surface area contributed by atoms with Crippen LogP contribution in [0, 0.1) is 6.92 Å². The Hall–Kier alpha value is -2.26. The van der Waals surface area contributed by atoms with Crippen molar-refractivity contribution in [3.8, 4) is 5.75 Å². The first-order valence-electron chi connectivity index (χ1n) is 8.69. The molecule has 0 aliphatic heterocycles. The van der Waals surface area contributed by atoms with Crippen molar-refractivity contribution in [1.82, 2.24) is 4.98 Å². The van der Waals surface area contributed by atoms with Crippen molar-refractivity contribution in [3.05, 3.63) is 58.2 Å². The fourth-order valence-corrected chi connectivity index (χ4v) is 3.73. The van der Waals surface area contributed by atoms with Crippen molar-refractivity contribution in [2.24, 2.45) is 0 Å². The van der Waals surface area contributed by atoms with Crippen molar-refractivity contribution in [2.75, 3.05) is 12.4 Å². The van der Waals surface area contributed by atoms with Gasteiger partial charge in [0.1, 0.15) is 5.75 Å². The number of hydrogen-bond acceptors (Lipinski definition) is 3. The highest BCUT2D eigenvalue weighted by Crippen LogP contribution is 2.39. The summed E-state index contributed by atoms with van der Waals surface area (Å²) >= 11 is 6.26. The van der Waals surface area contributed by atoms with E-state index in [0.29, 0.717) is 5.02 Å². The maximum absolute atomic E-state index is 6.26. The minimum absolute atomic E-state index is 0.712. The molecule has 0 amide bonds. The summed E-state index contributed by atoms with van der Waals surface area (Å²) in [6, 6.07) is 12.2. The van der Waals surface area contributed by atoms with Crippen molar-refractivity contribution < 1.29 is 4.74 Å². The molecule has 25 heavy (non-hydrogen) atoms. The van der Waals surface area contributed by atoms with E-state index in [0.717, 1.165) is 46.4 Å². The molecule has 0 spiro atoms. The summed E-state index contributed by atoms with van der Waals surface area (Å²) in [5, 5.41) is 5.50. The first-order chi connectivity index (χ1) is 12.2. The number of halogens is 1. The van der Waals surface area contributed by atoms with Gasteiger partial charge in [-0.15, -0.1) is 0 Å². The number of ether oxygens (including phenoxy) is 1. The molecular formula is C21H21ClN2O. The lowest BCUT2D eigenvalue weighted by molar-refractivity contribution is 0.417. The Balaban J connectivity index is 1.91. The Bertz CT molecular complexity index is 952. The second-order valence-corrected chi connectivity index (χ2v) is 6.97. The van der Waals surface area contributed by atoms with E-state index < -0.39 is 0 Å². The fourth-order valence-electron chi connectivity index (χ4n) is 3.58. The summed E-state index contributed by atoms with van der Waals surface area (Å²) in [6.45, 7) is 2.01. The number of methoxy groups -OCH3 is 1. The number of benzene rings is 2. The summed E-state index contributed by atoms with van der Waals surface area (Å²) in [6.07, 6.45) is 4.52. The summed E-state index contributed by atoms with van der Waals surface area (Å²) in [7, 11) is 1.67. The average Bonchev–Trinajstić information content (AvgIpc) is 2.64. The first-order valence-corrected chi connectivity index (χ1v) is 9.07. The largest absolute Gasteiger partial charge is 0.495 e. The first kappa shape index (κ1) is 16.2. The van der Waals surface area contributed by atoms with Crippen molar-refractivity contribution in [3.63, 3.8) is 0 Å². The highest BCUT2D eigenvalue weighted by Gasteiger charge is 2.19. The Morgan fingerprint density at radius 1 is 1.12 bits per heavy atom. The average molecular weight is 353 g/mol. The number of fused-ring (bicyclic) bond motifs is 2. The molecule has 3 nitrogen and oxygen atoms in total. The molecular weight excluding hydrogens is 332 g/mol. The summed E-state index contributed by atoms with van der Waals surface area (Å²) in [4.78, 5) is 4.90. The van der Waals surface area contributed by atoms with Crippen LogP contribution in [-0.2, 0) is 12.8 Å². The maximum Gasteiger partial charge on any atom is 0.143 e. The van der Waals surface area contributed by atoms with Gasteiger partial charge in [-0.1, -0.05) is 29.8 Å². The monoisotopic (exact) mass is 352 g/mol. The molecule has 1 aliphatic rings. The second-order valence-electron chi connectivity index (χ2n) is 6.56. The minimum Gasteiger partial charge on any atom is -0.495 e. The third-order valence-electron chi connectivity index (χ3n) is 4.91. The molecule has 1 N–H and O–H groups in total. The van der Waals surface area contributed by atoms with Crippen LogP contribution in [-0.4, -0.2) is 12.1 Å². The zero-order valence-corrected chi connectivity index (χ0v) is 15.3. The molecule has 1 heterocycles. The molecule has 0 fully saturated rings. The van der Waals surface area contributed by atoms with Gasteiger partial charge in [-0.3, -0.25) is 4.98 Å². The van der Waals surface area contributed by atoms with Gasteiger partial charge >= 0.3 is 0 Å².